The van der Waals surface area contributed by atoms with E-state index in [0.29, 0.717) is 18.7 Å². The Hall–Kier alpha value is -3.13. The molecule has 0 saturated carbocycles. The summed E-state index contributed by atoms with van der Waals surface area (Å²) in [5, 5.41) is 4.19. The van der Waals surface area contributed by atoms with Crippen LogP contribution in [0, 0.1) is 18.6 Å². The summed E-state index contributed by atoms with van der Waals surface area (Å²) >= 11 is 0. The molecule has 0 spiro atoms. The lowest BCUT2D eigenvalue weighted by Crippen LogP contribution is -2.48. The topological polar surface area (TPSA) is 54.3 Å². The fraction of sp³-hybridized carbons (Fsp3) is 0.286. The van der Waals surface area contributed by atoms with Crippen LogP contribution < -0.4 is 0 Å². The van der Waals surface area contributed by atoms with Crippen molar-refractivity contribution in [2.24, 2.45) is 0 Å². The Kier molecular flexibility index (Phi) is 5.35. The van der Waals surface area contributed by atoms with Gasteiger partial charge in [-0.25, -0.2) is 13.5 Å². The first-order chi connectivity index (χ1) is 14.0. The van der Waals surface area contributed by atoms with Gasteiger partial charge in [0.25, 0.3) is 5.91 Å². The van der Waals surface area contributed by atoms with E-state index in [1.165, 1.54) is 24.4 Å². The lowest BCUT2D eigenvalue weighted by molar-refractivity contribution is 0.0621. The molecule has 4 rings (SSSR count). The fourth-order valence-corrected chi connectivity index (χ4v) is 3.50. The van der Waals surface area contributed by atoms with Crippen LogP contribution in [0.1, 0.15) is 21.6 Å². The van der Waals surface area contributed by atoms with Crippen LogP contribution in [0.4, 0.5) is 8.78 Å². The molecule has 1 fully saturated rings. The van der Waals surface area contributed by atoms with E-state index in [0.717, 1.165) is 29.9 Å². The van der Waals surface area contributed by atoms with Crippen LogP contribution in [0.3, 0.4) is 0 Å². The number of carbonyl (C=O) groups excluding carboxylic acids is 1. The first kappa shape index (κ1) is 19.2. The third-order valence-electron chi connectivity index (χ3n) is 5.05. The third-order valence-corrected chi connectivity index (χ3v) is 5.05. The summed E-state index contributed by atoms with van der Waals surface area (Å²) in [7, 11) is 0. The van der Waals surface area contributed by atoms with Gasteiger partial charge >= 0.3 is 0 Å². The summed E-state index contributed by atoms with van der Waals surface area (Å²) in [5.74, 6) is -1.68. The summed E-state index contributed by atoms with van der Waals surface area (Å²) < 4.78 is 29.2. The number of para-hydroxylation sites is 1. The van der Waals surface area contributed by atoms with E-state index in [9.17, 15) is 13.6 Å². The number of halogens is 2. The zero-order valence-electron chi connectivity index (χ0n) is 16.1. The average Bonchev–Trinajstić information content (AvgIpc) is 3.10. The molecule has 1 aromatic carbocycles. The second-order valence-corrected chi connectivity index (χ2v) is 7.11. The van der Waals surface area contributed by atoms with Crippen molar-refractivity contribution in [3.05, 3.63) is 77.4 Å². The van der Waals surface area contributed by atoms with Gasteiger partial charge in [0.15, 0.2) is 17.3 Å². The highest BCUT2D eigenvalue weighted by atomic mass is 19.1. The van der Waals surface area contributed by atoms with Crippen molar-refractivity contribution in [2.75, 3.05) is 26.2 Å². The average molecular weight is 397 g/mol. The molecule has 0 bridgehead atoms. The quantitative estimate of drug-likeness (QED) is 0.679. The van der Waals surface area contributed by atoms with Crippen LogP contribution in [0.5, 0.6) is 0 Å². The minimum absolute atomic E-state index is 0.216. The number of rotatable bonds is 4. The molecule has 0 N–H and O–H groups in total. The van der Waals surface area contributed by atoms with Crippen LogP contribution in [0.2, 0.25) is 0 Å². The fourth-order valence-electron chi connectivity index (χ4n) is 3.50. The molecular weight excluding hydrogens is 376 g/mol. The first-order valence-corrected chi connectivity index (χ1v) is 9.44. The Morgan fingerprint density at radius 1 is 1.07 bits per heavy atom. The number of aryl methyl sites for hydroxylation is 1. The van der Waals surface area contributed by atoms with E-state index in [1.807, 2.05) is 18.3 Å². The zero-order chi connectivity index (χ0) is 20.4. The lowest BCUT2D eigenvalue weighted by Gasteiger charge is -2.34. The molecule has 8 heteroatoms. The molecule has 3 heterocycles. The van der Waals surface area contributed by atoms with Crippen molar-refractivity contribution in [3.8, 4) is 5.69 Å². The standard InChI is InChI=1S/C21H21F2N5O/c1-15-13-28(20-17(22)5-2-6-18(20)23)25-19(15)21(29)27-10-8-26(9-11-27)14-16-4-3-7-24-12-16/h2-7,12-13H,8-11,14H2,1H3. The Bertz CT molecular complexity index is 993. The summed E-state index contributed by atoms with van der Waals surface area (Å²) in [5.41, 5.74) is 1.65. The molecule has 6 nitrogen and oxygen atoms in total. The van der Waals surface area contributed by atoms with Crippen molar-refractivity contribution < 1.29 is 13.6 Å². The monoisotopic (exact) mass is 397 g/mol. The number of piperazine rings is 1. The van der Waals surface area contributed by atoms with Crippen LogP contribution in [0.25, 0.3) is 5.69 Å². The molecule has 0 unspecified atom stereocenters. The van der Waals surface area contributed by atoms with E-state index in [-0.39, 0.29) is 17.3 Å². The van der Waals surface area contributed by atoms with Gasteiger partial charge in [-0.3, -0.25) is 14.7 Å². The molecule has 0 aliphatic carbocycles. The molecule has 150 valence electrons. The molecule has 2 aromatic heterocycles. The number of hydrogen-bond acceptors (Lipinski definition) is 4. The molecular formula is C21H21F2N5O. The van der Waals surface area contributed by atoms with Crippen molar-refractivity contribution >= 4 is 5.91 Å². The van der Waals surface area contributed by atoms with E-state index in [4.69, 9.17) is 0 Å². The maximum atomic E-state index is 14.0. The van der Waals surface area contributed by atoms with Crippen LogP contribution in [-0.4, -0.2) is 56.7 Å². The van der Waals surface area contributed by atoms with Gasteiger partial charge in [0.05, 0.1) is 0 Å². The molecule has 29 heavy (non-hydrogen) atoms. The molecule has 1 aliphatic rings. The lowest BCUT2D eigenvalue weighted by atomic mass is 10.2. The van der Waals surface area contributed by atoms with Crippen LogP contribution >= 0.6 is 0 Å². The van der Waals surface area contributed by atoms with E-state index in [1.54, 1.807) is 18.0 Å². The molecule has 0 atom stereocenters. The Labute approximate surface area is 167 Å². The van der Waals surface area contributed by atoms with Crippen LogP contribution in [0.15, 0.2) is 48.9 Å². The minimum atomic E-state index is -0.726. The number of pyridine rings is 1. The molecule has 1 saturated heterocycles. The summed E-state index contributed by atoms with van der Waals surface area (Å²) in [6.45, 7) is 5.12. The van der Waals surface area contributed by atoms with Gasteiger partial charge in [0.1, 0.15) is 5.69 Å². The van der Waals surface area contributed by atoms with Gasteiger partial charge in [-0.05, 0) is 30.7 Å². The van der Waals surface area contributed by atoms with Gasteiger partial charge in [-0.2, -0.15) is 5.10 Å². The van der Waals surface area contributed by atoms with Crippen molar-refractivity contribution in [2.45, 2.75) is 13.5 Å². The highest BCUT2D eigenvalue weighted by molar-refractivity contribution is 5.93. The van der Waals surface area contributed by atoms with E-state index in [2.05, 4.69) is 15.0 Å². The highest BCUT2D eigenvalue weighted by Gasteiger charge is 2.26. The number of hydrogen-bond donors (Lipinski definition) is 0. The highest BCUT2D eigenvalue weighted by Crippen LogP contribution is 2.20. The Morgan fingerprint density at radius 3 is 2.45 bits per heavy atom. The first-order valence-electron chi connectivity index (χ1n) is 9.44. The third kappa shape index (κ3) is 4.02. The predicted octanol–water partition coefficient (Wildman–Crippen LogP) is 2.81. The van der Waals surface area contributed by atoms with Gasteiger partial charge in [-0.1, -0.05) is 12.1 Å². The summed E-state index contributed by atoms with van der Waals surface area (Å²) in [6.07, 6.45) is 5.07. The number of amides is 1. The second kappa shape index (κ2) is 8.08. The van der Waals surface area contributed by atoms with E-state index < -0.39 is 11.6 Å². The minimum Gasteiger partial charge on any atom is -0.335 e. The van der Waals surface area contributed by atoms with Gasteiger partial charge in [0, 0.05) is 56.9 Å². The largest absolute Gasteiger partial charge is 0.335 e. The number of benzene rings is 1. The Balaban J connectivity index is 1.45. The summed E-state index contributed by atoms with van der Waals surface area (Å²) in [4.78, 5) is 21.1. The second-order valence-electron chi connectivity index (χ2n) is 7.11. The van der Waals surface area contributed by atoms with Crippen LogP contribution in [-0.2, 0) is 6.54 Å². The van der Waals surface area contributed by atoms with Crippen molar-refractivity contribution in [3.63, 3.8) is 0 Å². The maximum absolute atomic E-state index is 14.0. The smallest absolute Gasteiger partial charge is 0.274 e. The zero-order valence-corrected chi connectivity index (χ0v) is 16.1. The van der Waals surface area contributed by atoms with Crippen molar-refractivity contribution in [1.29, 1.82) is 0 Å². The van der Waals surface area contributed by atoms with Gasteiger partial charge < -0.3 is 4.90 Å². The molecule has 1 aliphatic heterocycles. The summed E-state index contributed by atoms with van der Waals surface area (Å²) in [6, 6.07) is 7.56. The van der Waals surface area contributed by atoms with Gasteiger partial charge in [0.2, 0.25) is 0 Å². The van der Waals surface area contributed by atoms with Crippen molar-refractivity contribution in [1.82, 2.24) is 24.6 Å². The maximum Gasteiger partial charge on any atom is 0.274 e. The predicted molar refractivity (Wildman–Crippen MR) is 104 cm³/mol. The molecule has 3 aromatic rings. The normalized spacial score (nSPS) is 14.9. The SMILES string of the molecule is Cc1cn(-c2c(F)cccc2F)nc1C(=O)N1CCN(Cc2cccnc2)CC1. The number of carbonyl (C=O) groups is 1. The number of nitrogens with zero attached hydrogens (tertiary/aromatic N) is 5. The number of aromatic nitrogens is 3. The van der Waals surface area contributed by atoms with E-state index >= 15 is 0 Å². The molecule has 1 amide bonds. The Morgan fingerprint density at radius 2 is 1.79 bits per heavy atom. The molecule has 0 radical (unpaired) electrons. The van der Waals surface area contributed by atoms with Gasteiger partial charge in [-0.15, -0.1) is 0 Å².